The van der Waals surface area contributed by atoms with Crippen molar-refractivity contribution in [2.24, 2.45) is 0 Å². The SMILES string of the molecule is CC.CN(C)Cc1cc(C(=O)N2CCNCC2)nc(C(F)(F)F)n1. The standard InChI is InChI=1S/C13H18F3N5O.C2H6/c1-20(2)8-9-7-10(19-12(18-9)13(14,15)16)11(22)21-5-3-17-4-6-21;1-2/h7,17H,3-6,8H2,1-2H3;1-2H3. The predicted octanol–water partition coefficient (Wildman–Crippen LogP) is 1.63. The average molecular weight is 347 g/mol. The van der Waals surface area contributed by atoms with Crippen LogP contribution in [-0.2, 0) is 12.7 Å². The van der Waals surface area contributed by atoms with Crippen LogP contribution < -0.4 is 5.32 Å². The van der Waals surface area contributed by atoms with Gasteiger partial charge in [-0.3, -0.25) is 4.79 Å². The molecule has 0 aromatic carbocycles. The fraction of sp³-hybridized carbons (Fsp3) is 0.667. The zero-order valence-electron chi connectivity index (χ0n) is 14.4. The first kappa shape index (κ1) is 20.3. The molecule has 1 aromatic heterocycles. The molecule has 9 heteroatoms. The number of hydrogen-bond acceptors (Lipinski definition) is 5. The Bertz CT molecular complexity index is 542. The maximum atomic E-state index is 12.9. The summed E-state index contributed by atoms with van der Waals surface area (Å²) in [5.41, 5.74) is -0.0353. The molecule has 1 aliphatic heterocycles. The van der Waals surface area contributed by atoms with Gasteiger partial charge in [0.05, 0.1) is 5.69 Å². The smallest absolute Gasteiger partial charge is 0.335 e. The minimum absolute atomic E-state index is 0.172. The van der Waals surface area contributed by atoms with Crippen molar-refractivity contribution in [3.8, 4) is 0 Å². The van der Waals surface area contributed by atoms with E-state index in [9.17, 15) is 18.0 Å². The number of nitrogens with zero attached hydrogens (tertiary/aromatic N) is 4. The lowest BCUT2D eigenvalue weighted by molar-refractivity contribution is -0.145. The van der Waals surface area contributed by atoms with Crippen molar-refractivity contribution in [2.75, 3.05) is 40.3 Å². The van der Waals surface area contributed by atoms with E-state index in [0.717, 1.165) is 0 Å². The number of alkyl halides is 3. The van der Waals surface area contributed by atoms with Crippen LogP contribution >= 0.6 is 0 Å². The summed E-state index contributed by atoms with van der Waals surface area (Å²) < 4.78 is 38.8. The molecule has 1 N–H and O–H groups in total. The Morgan fingerprint density at radius 2 is 1.83 bits per heavy atom. The van der Waals surface area contributed by atoms with E-state index in [-0.39, 0.29) is 17.9 Å². The van der Waals surface area contributed by atoms with E-state index in [1.807, 2.05) is 13.8 Å². The fourth-order valence-electron chi connectivity index (χ4n) is 2.17. The molecular formula is C15H24F3N5O. The van der Waals surface area contributed by atoms with Gasteiger partial charge in [0.25, 0.3) is 5.91 Å². The number of amides is 1. The first-order valence-corrected chi connectivity index (χ1v) is 7.87. The highest BCUT2D eigenvalue weighted by molar-refractivity contribution is 5.92. The second kappa shape index (κ2) is 8.93. The minimum atomic E-state index is -4.68. The molecule has 1 saturated heterocycles. The number of halogens is 3. The Morgan fingerprint density at radius 1 is 1.25 bits per heavy atom. The molecule has 2 rings (SSSR count). The third kappa shape index (κ3) is 5.72. The van der Waals surface area contributed by atoms with E-state index >= 15 is 0 Å². The van der Waals surface area contributed by atoms with Crippen LogP contribution in [0.5, 0.6) is 0 Å². The summed E-state index contributed by atoms with van der Waals surface area (Å²) in [7, 11) is 3.43. The molecular weight excluding hydrogens is 323 g/mol. The van der Waals surface area contributed by atoms with Gasteiger partial charge < -0.3 is 15.1 Å². The van der Waals surface area contributed by atoms with Gasteiger partial charge in [0.15, 0.2) is 0 Å². The quantitative estimate of drug-likeness (QED) is 0.901. The maximum absolute atomic E-state index is 12.9. The van der Waals surface area contributed by atoms with Gasteiger partial charge in [0.1, 0.15) is 5.69 Å². The first-order valence-electron chi connectivity index (χ1n) is 7.87. The topological polar surface area (TPSA) is 61.4 Å². The largest absolute Gasteiger partial charge is 0.451 e. The zero-order chi connectivity index (χ0) is 18.3. The van der Waals surface area contributed by atoms with Crippen LogP contribution in [-0.4, -0.2) is 65.9 Å². The third-order valence-electron chi connectivity index (χ3n) is 3.13. The van der Waals surface area contributed by atoms with Gasteiger partial charge in [-0.05, 0) is 20.2 Å². The molecule has 2 heterocycles. The Kier molecular flexibility index (Phi) is 7.56. The van der Waals surface area contributed by atoms with Crippen molar-refractivity contribution in [1.82, 2.24) is 25.1 Å². The Morgan fingerprint density at radius 3 is 2.33 bits per heavy atom. The molecule has 1 amide bonds. The second-order valence-corrected chi connectivity index (χ2v) is 5.35. The number of rotatable bonds is 3. The fourth-order valence-corrected chi connectivity index (χ4v) is 2.17. The number of carbonyl (C=O) groups is 1. The molecule has 0 spiro atoms. The van der Waals surface area contributed by atoms with Gasteiger partial charge in [-0.25, -0.2) is 9.97 Å². The van der Waals surface area contributed by atoms with Gasteiger partial charge in [-0.2, -0.15) is 13.2 Å². The molecule has 1 aromatic rings. The first-order chi connectivity index (χ1) is 11.3. The van der Waals surface area contributed by atoms with Crippen LogP contribution in [0.15, 0.2) is 6.07 Å². The van der Waals surface area contributed by atoms with E-state index in [1.54, 1.807) is 19.0 Å². The predicted molar refractivity (Wildman–Crippen MR) is 84.5 cm³/mol. The summed E-state index contributed by atoms with van der Waals surface area (Å²) in [5.74, 6) is -1.76. The van der Waals surface area contributed by atoms with E-state index in [1.165, 1.54) is 11.0 Å². The van der Waals surface area contributed by atoms with E-state index in [0.29, 0.717) is 26.2 Å². The Labute approximate surface area is 140 Å². The number of hydrogen-bond donors (Lipinski definition) is 1. The van der Waals surface area contributed by atoms with Gasteiger partial charge >= 0.3 is 6.18 Å². The lowest BCUT2D eigenvalue weighted by Gasteiger charge is -2.27. The molecule has 0 radical (unpaired) electrons. The summed E-state index contributed by atoms with van der Waals surface area (Å²) in [5, 5.41) is 3.08. The molecule has 1 fully saturated rings. The zero-order valence-corrected chi connectivity index (χ0v) is 14.4. The van der Waals surface area contributed by atoms with Crippen LogP contribution in [0.1, 0.15) is 35.9 Å². The molecule has 6 nitrogen and oxygen atoms in total. The number of aromatic nitrogens is 2. The Balaban J connectivity index is 0.00000139. The van der Waals surface area contributed by atoms with E-state index in [2.05, 4.69) is 15.3 Å². The minimum Gasteiger partial charge on any atom is -0.335 e. The summed E-state index contributed by atoms with van der Waals surface area (Å²) in [6.07, 6.45) is -4.68. The summed E-state index contributed by atoms with van der Waals surface area (Å²) >= 11 is 0. The molecule has 0 unspecified atom stereocenters. The molecule has 136 valence electrons. The van der Waals surface area contributed by atoms with Gasteiger partial charge in [0.2, 0.25) is 5.82 Å². The summed E-state index contributed by atoms with van der Waals surface area (Å²) in [6, 6.07) is 1.33. The highest BCUT2D eigenvalue weighted by Gasteiger charge is 2.36. The van der Waals surface area contributed by atoms with Crippen molar-refractivity contribution in [3.63, 3.8) is 0 Å². The normalized spacial score (nSPS) is 15.1. The van der Waals surface area contributed by atoms with Gasteiger partial charge in [-0.1, -0.05) is 13.8 Å². The molecule has 0 bridgehead atoms. The lowest BCUT2D eigenvalue weighted by atomic mass is 10.2. The van der Waals surface area contributed by atoms with E-state index in [4.69, 9.17) is 0 Å². The lowest BCUT2D eigenvalue weighted by Crippen LogP contribution is -2.46. The monoisotopic (exact) mass is 347 g/mol. The number of nitrogens with one attached hydrogen (secondary N) is 1. The number of carbonyl (C=O) groups excluding carboxylic acids is 1. The molecule has 0 atom stereocenters. The maximum Gasteiger partial charge on any atom is 0.451 e. The van der Waals surface area contributed by atoms with Crippen LogP contribution in [0.25, 0.3) is 0 Å². The van der Waals surface area contributed by atoms with Gasteiger partial charge in [0, 0.05) is 32.7 Å². The van der Waals surface area contributed by atoms with Gasteiger partial charge in [-0.15, -0.1) is 0 Å². The molecule has 24 heavy (non-hydrogen) atoms. The van der Waals surface area contributed by atoms with Crippen LogP contribution in [0.2, 0.25) is 0 Å². The van der Waals surface area contributed by atoms with Crippen LogP contribution in [0, 0.1) is 0 Å². The van der Waals surface area contributed by atoms with Crippen molar-refractivity contribution in [1.29, 1.82) is 0 Å². The van der Waals surface area contributed by atoms with Crippen molar-refractivity contribution < 1.29 is 18.0 Å². The van der Waals surface area contributed by atoms with Crippen molar-refractivity contribution >= 4 is 5.91 Å². The molecule has 0 aliphatic carbocycles. The molecule has 1 aliphatic rings. The van der Waals surface area contributed by atoms with Crippen molar-refractivity contribution in [3.05, 3.63) is 23.3 Å². The highest BCUT2D eigenvalue weighted by Crippen LogP contribution is 2.26. The summed E-state index contributed by atoms with van der Waals surface area (Å²) in [6.45, 7) is 6.34. The molecule has 0 saturated carbocycles. The summed E-state index contributed by atoms with van der Waals surface area (Å²) in [4.78, 5) is 22.5. The Hall–Kier alpha value is -1.74. The highest BCUT2D eigenvalue weighted by atomic mass is 19.4. The number of piperazine rings is 1. The van der Waals surface area contributed by atoms with Crippen LogP contribution in [0.3, 0.4) is 0 Å². The average Bonchev–Trinajstić information content (AvgIpc) is 2.55. The van der Waals surface area contributed by atoms with E-state index < -0.39 is 17.9 Å². The van der Waals surface area contributed by atoms with Crippen molar-refractivity contribution in [2.45, 2.75) is 26.6 Å². The third-order valence-corrected chi connectivity index (χ3v) is 3.13. The van der Waals surface area contributed by atoms with Crippen LogP contribution in [0.4, 0.5) is 13.2 Å². The second-order valence-electron chi connectivity index (χ2n) is 5.35.